The summed E-state index contributed by atoms with van der Waals surface area (Å²) < 4.78 is 17.1. The molecule has 0 saturated carbocycles. The highest BCUT2D eigenvalue weighted by atomic mass is 32.1. The van der Waals surface area contributed by atoms with Crippen molar-refractivity contribution in [3.8, 4) is 0 Å². The van der Waals surface area contributed by atoms with Crippen LogP contribution in [0.5, 0.6) is 0 Å². The fourth-order valence-electron chi connectivity index (χ4n) is 3.29. The van der Waals surface area contributed by atoms with Crippen LogP contribution < -0.4 is 11.1 Å². The Morgan fingerprint density at radius 1 is 1.17 bits per heavy atom. The lowest BCUT2D eigenvalue weighted by molar-refractivity contribution is -0.118. The number of anilines is 1. The summed E-state index contributed by atoms with van der Waals surface area (Å²) in [7, 11) is 1.83. The van der Waals surface area contributed by atoms with Gasteiger partial charge < -0.3 is 15.6 Å². The SMILES string of the molecule is Cn1c(CCC(N)=O)nn(CN2CCN(CC(=O)Nc3ccc(F)cc3)CC2)c1=S. The Kier molecular flexibility index (Phi) is 7.29. The van der Waals surface area contributed by atoms with E-state index < -0.39 is 0 Å². The molecule has 0 unspecified atom stereocenters. The highest BCUT2D eigenvalue weighted by Gasteiger charge is 2.20. The number of nitrogens with two attached hydrogens (primary N) is 1. The fraction of sp³-hybridized carbons (Fsp3) is 0.474. The van der Waals surface area contributed by atoms with E-state index in [1.54, 1.807) is 21.4 Å². The standard InChI is InChI=1S/C19H26FN7O2S/c1-24-17(7-6-16(21)28)23-27(19(24)30)13-26-10-8-25(9-11-26)12-18(29)22-15-4-2-14(20)3-5-15/h2-5H,6-13H2,1H3,(H2,21,28)(H,22,29). The first-order valence-electron chi connectivity index (χ1n) is 9.73. The molecule has 1 fully saturated rings. The van der Waals surface area contributed by atoms with E-state index in [4.69, 9.17) is 18.0 Å². The van der Waals surface area contributed by atoms with Crippen LogP contribution in [0, 0.1) is 10.6 Å². The molecule has 1 saturated heterocycles. The van der Waals surface area contributed by atoms with Crippen LogP contribution in [0.2, 0.25) is 0 Å². The number of carbonyl (C=O) groups excluding carboxylic acids is 2. The Balaban J connectivity index is 1.47. The first-order chi connectivity index (χ1) is 14.3. The molecule has 0 spiro atoms. The van der Waals surface area contributed by atoms with E-state index in [2.05, 4.69) is 20.2 Å². The van der Waals surface area contributed by atoms with Gasteiger partial charge in [-0.1, -0.05) is 0 Å². The molecular formula is C19H26FN7O2S. The molecule has 0 aliphatic carbocycles. The maximum Gasteiger partial charge on any atom is 0.238 e. The second-order valence-corrected chi connectivity index (χ2v) is 7.68. The van der Waals surface area contributed by atoms with Crippen molar-refractivity contribution in [3.05, 3.63) is 40.7 Å². The number of piperazine rings is 1. The molecule has 1 aliphatic rings. The van der Waals surface area contributed by atoms with Crippen molar-refractivity contribution in [1.82, 2.24) is 24.1 Å². The summed E-state index contributed by atoms with van der Waals surface area (Å²) in [5.74, 6) is -0.0943. The number of amides is 2. The third kappa shape index (κ3) is 5.94. The zero-order valence-electron chi connectivity index (χ0n) is 16.9. The Morgan fingerprint density at radius 2 is 1.80 bits per heavy atom. The number of nitrogens with zero attached hydrogens (tertiary/aromatic N) is 5. The summed E-state index contributed by atoms with van der Waals surface area (Å²) in [5.41, 5.74) is 5.80. The minimum absolute atomic E-state index is 0.124. The van der Waals surface area contributed by atoms with Crippen molar-refractivity contribution in [2.24, 2.45) is 12.8 Å². The smallest absolute Gasteiger partial charge is 0.238 e. The first-order valence-corrected chi connectivity index (χ1v) is 10.1. The molecule has 162 valence electrons. The first kappa shape index (κ1) is 22.1. The summed E-state index contributed by atoms with van der Waals surface area (Å²) in [6, 6.07) is 5.71. The Labute approximate surface area is 179 Å². The summed E-state index contributed by atoms with van der Waals surface area (Å²) >= 11 is 5.45. The Morgan fingerprint density at radius 3 is 2.43 bits per heavy atom. The van der Waals surface area contributed by atoms with Crippen molar-refractivity contribution in [3.63, 3.8) is 0 Å². The minimum Gasteiger partial charge on any atom is -0.370 e. The van der Waals surface area contributed by atoms with Gasteiger partial charge in [-0.3, -0.25) is 19.4 Å². The largest absolute Gasteiger partial charge is 0.370 e. The highest BCUT2D eigenvalue weighted by molar-refractivity contribution is 7.71. The Bertz CT molecular complexity index is 949. The second-order valence-electron chi connectivity index (χ2n) is 7.31. The predicted molar refractivity (Wildman–Crippen MR) is 113 cm³/mol. The molecule has 11 heteroatoms. The zero-order chi connectivity index (χ0) is 21.7. The van der Waals surface area contributed by atoms with Gasteiger partial charge in [0.25, 0.3) is 0 Å². The van der Waals surface area contributed by atoms with Crippen molar-refractivity contribution in [2.45, 2.75) is 19.5 Å². The molecular weight excluding hydrogens is 409 g/mol. The maximum absolute atomic E-state index is 13.0. The molecule has 1 aliphatic heterocycles. The van der Waals surface area contributed by atoms with E-state index in [1.165, 1.54) is 12.1 Å². The van der Waals surface area contributed by atoms with Crippen LogP contribution in [0.3, 0.4) is 0 Å². The third-order valence-electron chi connectivity index (χ3n) is 5.02. The molecule has 1 aromatic carbocycles. The monoisotopic (exact) mass is 435 g/mol. The van der Waals surface area contributed by atoms with E-state index in [0.717, 1.165) is 32.0 Å². The number of benzene rings is 1. The van der Waals surface area contributed by atoms with Gasteiger partial charge in [0, 0.05) is 51.8 Å². The van der Waals surface area contributed by atoms with Gasteiger partial charge in [-0.05, 0) is 36.5 Å². The lowest BCUT2D eigenvalue weighted by Crippen LogP contribution is -2.49. The van der Waals surface area contributed by atoms with Crippen LogP contribution in [0.1, 0.15) is 12.2 Å². The average Bonchev–Trinajstić information content (AvgIpc) is 2.97. The molecule has 0 atom stereocenters. The summed E-state index contributed by atoms with van der Waals surface area (Å²) in [6.07, 6.45) is 0.692. The molecule has 0 bridgehead atoms. The maximum atomic E-state index is 13.0. The van der Waals surface area contributed by atoms with Gasteiger partial charge in [0.2, 0.25) is 11.8 Å². The number of aryl methyl sites for hydroxylation is 1. The topological polar surface area (TPSA) is 101 Å². The number of halogens is 1. The summed E-state index contributed by atoms with van der Waals surface area (Å²) in [6.45, 7) is 3.87. The quantitative estimate of drug-likeness (QED) is 0.593. The number of hydrogen-bond acceptors (Lipinski definition) is 6. The van der Waals surface area contributed by atoms with Crippen molar-refractivity contribution in [2.75, 3.05) is 38.0 Å². The van der Waals surface area contributed by atoms with Gasteiger partial charge in [-0.25, -0.2) is 9.07 Å². The zero-order valence-corrected chi connectivity index (χ0v) is 17.7. The average molecular weight is 436 g/mol. The van der Waals surface area contributed by atoms with Crippen LogP contribution in [0.25, 0.3) is 0 Å². The molecule has 30 heavy (non-hydrogen) atoms. The molecule has 2 amide bonds. The molecule has 9 nitrogen and oxygen atoms in total. The van der Waals surface area contributed by atoms with Crippen LogP contribution in [-0.2, 0) is 29.7 Å². The van der Waals surface area contributed by atoms with Crippen molar-refractivity contribution < 1.29 is 14.0 Å². The number of aromatic nitrogens is 3. The van der Waals surface area contributed by atoms with E-state index in [-0.39, 0.29) is 30.6 Å². The van der Waals surface area contributed by atoms with Gasteiger partial charge in [0.1, 0.15) is 11.6 Å². The second kappa shape index (κ2) is 9.92. The van der Waals surface area contributed by atoms with Crippen molar-refractivity contribution >= 4 is 29.7 Å². The molecule has 3 N–H and O–H groups in total. The molecule has 2 aromatic rings. The molecule has 1 aromatic heterocycles. The van der Waals surface area contributed by atoms with E-state index in [1.807, 2.05) is 7.05 Å². The highest BCUT2D eigenvalue weighted by Crippen LogP contribution is 2.10. The van der Waals surface area contributed by atoms with Gasteiger partial charge >= 0.3 is 0 Å². The van der Waals surface area contributed by atoms with E-state index >= 15 is 0 Å². The fourth-order valence-corrected chi connectivity index (χ4v) is 3.50. The molecule has 0 radical (unpaired) electrons. The minimum atomic E-state index is -0.366. The molecule has 2 heterocycles. The van der Waals surface area contributed by atoms with E-state index in [9.17, 15) is 14.0 Å². The van der Waals surface area contributed by atoms with Gasteiger partial charge in [0.15, 0.2) is 4.77 Å². The molecule has 3 rings (SSSR count). The van der Waals surface area contributed by atoms with Gasteiger partial charge in [-0.15, -0.1) is 0 Å². The number of rotatable bonds is 8. The normalized spacial score (nSPS) is 15.3. The van der Waals surface area contributed by atoms with E-state index in [0.29, 0.717) is 23.5 Å². The van der Waals surface area contributed by atoms with Gasteiger partial charge in [-0.2, -0.15) is 5.10 Å². The number of carbonyl (C=O) groups is 2. The lowest BCUT2D eigenvalue weighted by Gasteiger charge is -2.33. The number of primary amides is 1. The van der Waals surface area contributed by atoms with Gasteiger partial charge in [0.05, 0.1) is 13.2 Å². The third-order valence-corrected chi connectivity index (χ3v) is 5.50. The predicted octanol–water partition coefficient (Wildman–Crippen LogP) is 0.722. The summed E-state index contributed by atoms with van der Waals surface area (Å²) in [5, 5.41) is 7.30. The summed E-state index contributed by atoms with van der Waals surface area (Å²) in [4.78, 5) is 27.5. The van der Waals surface area contributed by atoms with Crippen LogP contribution >= 0.6 is 12.2 Å². The Hall–Kier alpha value is -2.63. The van der Waals surface area contributed by atoms with Crippen LogP contribution in [-0.4, -0.2) is 68.7 Å². The van der Waals surface area contributed by atoms with Crippen LogP contribution in [0.15, 0.2) is 24.3 Å². The van der Waals surface area contributed by atoms with Crippen molar-refractivity contribution in [1.29, 1.82) is 0 Å². The number of hydrogen-bond donors (Lipinski definition) is 2. The lowest BCUT2D eigenvalue weighted by atomic mass is 10.3. The number of nitrogens with one attached hydrogen (secondary N) is 1. The van der Waals surface area contributed by atoms with Crippen LogP contribution in [0.4, 0.5) is 10.1 Å².